The molecule has 2 aromatic heterocycles. The number of carboxylic acids is 1. The summed E-state index contributed by atoms with van der Waals surface area (Å²) in [6.07, 6.45) is 2.32. The Labute approximate surface area is 128 Å². The first-order valence-corrected chi connectivity index (χ1v) is 7.17. The van der Waals surface area contributed by atoms with Crippen molar-refractivity contribution in [3.05, 3.63) is 59.8 Å². The molecule has 4 heteroatoms. The molecular weight excluding hydrogens is 276 g/mol. The summed E-state index contributed by atoms with van der Waals surface area (Å²) < 4.78 is 0. The average molecular weight is 292 g/mol. The van der Waals surface area contributed by atoms with Gasteiger partial charge in [-0.2, -0.15) is 0 Å². The van der Waals surface area contributed by atoms with Crippen LogP contribution in [-0.4, -0.2) is 21.0 Å². The molecule has 0 aliphatic heterocycles. The lowest BCUT2D eigenvalue weighted by Crippen LogP contribution is -2.00. The number of hydrogen-bond donors (Lipinski definition) is 1. The number of benzene rings is 1. The Kier molecular flexibility index (Phi) is 3.83. The number of carboxylic acid groups (broad SMARTS) is 1. The fourth-order valence-corrected chi connectivity index (χ4v) is 2.50. The fourth-order valence-electron chi connectivity index (χ4n) is 2.50. The maximum absolute atomic E-state index is 10.9. The number of aromatic nitrogens is 2. The molecule has 0 bridgehead atoms. The summed E-state index contributed by atoms with van der Waals surface area (Å²) in [5.74, 6) is -0.794. The zero-order valence-electron chi connectivity index (χ0n) is 12.3. The summed E-state index contributed by atoms with van der Waals surface area (Å²) >= 11 is 0. The number of hydrogen-bond acceptors (Lipinski definition) is 3. The van der Waals surface area contributed by atoms with Crippen molar-refractivity contribution in [2.24, 2.45) is 0 Å². The van der Waals surface area contributed by atoms with E-state index in [0.717, 1.165) is 33.4 Å². The topological polar surface area (TPSA) is 63.1 Å². The molecule has 0 spiro atoms. The van der Waals surface area contributed by atoms with Crippen molar-refractivity contribution in [1.29, 1.82) is 0 Å². The molecule has 1 N–H and O–H groups in total. The lowest BCUT2D eigenvalue weighted by molar-refractivity contribution is -0.136. The van der Waals surface area contributed by atoms with Crippen LogP contribution >= 0.6 is 0 Å². The number of aryl methyl sites for hydroxylation is 2. The molecule has 0 atom stereocenters. The number of nitrogens with zero attached hydrogens (tertiary/aromatic N) is 2. The Balaban J connectivity index is 2.15. The van der Waals surface area contributed by atoms with Gasteiger partial charge in [0.1, 0.15) is 0 Å². The summed E-state index contributed by atoms with van der Waals surface area (Å²) in [5.41, 5.74) is 4.57. The van der Waals surface area contributed by atoms with Gasteiger partial charge in [0.05, 0.1) is 16.9 Å². The van der Waals surface area contributed by atoms with Gasteiger partial charge in [0.15, 0.2) is 0 Å². The van der Waals surface area contributed by atoms with Gasteiger partial charge in [0, 0.05) is 18.0 Å². The minimum atomic E-state index is -0.794. The molecule has 2 heterocycles. The molecule has 0 radical (unpaired) electrons. The predicted octanol–water partition coefficient (Wildman–Crippen LogP) is 3.62. The van der Waals surface area contributed by atoms with Gasteiger partial charge in [-0.1, -0.05) is 17.7 Å². The van der Waals surface area contributed by atoms with Crippen LogP contribution in [0.2, 0.25) is 0 Å². The van der Waals surface area contributed by atoms with Crippen LogP contribution in [0.3, 0.4) is 0 Å². The first-order chi connectivity index (χ1) is 10.6. The number of carbonyl (C=O) groups is 1. The van der Waals surface area contributed by atoms with Crippen molar-refractivity contribution in [1.82, 2.24) is 9.97 Å². The fraction of sp³-hybridized carbons (Fsp3) is 0.167. The monoisotopic (exact) mass is 292 g/mol. The van der Waals surface area contributed by atoms with Gasteiger partial charge in [-0.3, -0.25) is 9.78 Å². The van der Waals surface area contributed by atoms with Gasteiger partial charge in [-0.05, 0) is 49.2 Å². The molecule has 110 valence electrons. The molecule has 1 aromatic carbocycles. The van der Waals surface area contributed by atoms with E-state index in [1.165, 1.54) is 0 Å². The SMILES string of the molecule is Cc1ccc2nc(-c3ccccn3)cc(CCC(=O)O)c2c1. The lowest BCUT2D eigenvalue weighted by atomic mass is 10.0. The smallest absolute Gasteiger partial charge is 0.303 e. The molecule has 3 rings (SSSR count). The average Bonchev–Trinajstić information content (AvgIpc) is 2.53. The molecule has 3 aromatic rings. The maximum Gasteiger partial charge on any atom is 0.303 e. The van der Waals surface area contributed by atoms with Gasteiger partial charge in [-0.15, -0.1) is 0 Å². The maximum atomic E-state index is 10.9. The van der Waals surface area contributed by atoms with Crippen LogP contribution < -0.4 is 0 Å². The lowest BCUT2D eigenvalue weighted by Gasteiger charge is -2.09. The van der Waals surface area contributed by atoms with E-state index in [2.05, 4.69) is 16.0 Å². The van der Waals surface area contributed by atoms with Crippen molar-refractivity contribution < 1.29 is 9.90 Å². The quantitative estimate of drug-likeness (QED) is 0.797. The van der Waals surface area contributed by atoms with E-state index in [1.54, 1.807) is 6.20 Å². The minimum absolute atomic E-state index is 0.106. The molecule has 0 saturated heterocycles. The highest BCUT2D eigenvalue weighted by Gasteiger charge is 2.10. The minimum Gasteiger partial charge on any atom is -0.481 e. The van der Waals surface area contributed by atoms with E-state index in [9.17, 15) is 4.79 Å². The Morgan fingerprint density at radius 1 is 1.14 bits per heavy atom. The Bertz CT molecular complexity index is 829. The van der Waals surface area contributed by atoms with E-state index in [4.69, 9.17) is 5.11 Å². The van der Waals surface area contributed by atoms with Crippen LogP contribution in [0, 0.1) is 6.92 Å². The van der Waals surface area contributed by atoms with Crippen LogP contribution in [0.5, 0.6) is 0 Å². The molecule has 0 aliphatic carbocycles. The number of aliphatic carboxylic acids is 1. The second-order valence-electron chi connectivity index (χ2n) is 5.30. The van der Waals surface area contributed by atoms with Crippen LogP contribution in [0.4, 0.5) is 0 Å². The summed E-state index contributed by atoms with van der Waals surface area (Å²) in [4.78, 5) is 19.9. The summed E-state index contributed by atoms with van der Waals surface area (Å²) in [7, 11) is 0. The van der Waals surface area contributed by atoms with Crippen molar-refractivity contribution in [2.45, 2.75) is 19.8 Å². The summed E-state index contributed by atoms with van der Waals surface area (Å²) in [5, 5.41) is 9.97. The summed E-state index contributed by atoms with van der Waals surface area (Å²) in [6, 6.07) is 13.7. The van der Waals surface area contributed by atoms with Gasteiger partial charge in [-0.25, -0.2) is 4.98 Å². The molecule has 0 fully saturated rings. The van der Waals surface area contributed by atoms with Crippen LogP contribution in [0.25, 0.3) is 22.3 Å². The third kappa shape index (κ3) is 2.96. The summed E-state index contributed by atoms with van der Waals surface area (Å²) in [6.45, 7) is 2.02. The highest BCUT2D eigenvalue weighted by molar-refractivity contribution is 5.86. The van der Waals surface area contributed by atoms with Crippen LogP contribution in [-0.2, 0) is 11.2 Å². The van der Waals surface area contributed by atoms with Gasteiger partial charge < -0.3 is 5.11 Å². The molecule has 0 unspecified atom stereocenters. The molecule has 22 heavy (non-hydrogen) atoms. The second kappa shape index (κ2) is 5.93. The predicted molar refractivity (Wildman–Crippen MR) is 85.7 cm³/mol. The van der Waals surface area contributed by atoms with Crippen molar-refractivity contribution in [3.8, 4) is 11.4 Å². The largest absolute Gasteiger partial charge is 0.481 e. The molecule has 0 saturated carbocycles. The Morgan fingerprint density at radius 2 is 2.00 bits per heavy atom. The standard InChI is InChI=1S/C18H16N2O2/c1-12-5-7-15-14(10-12)13(6-8-18(21)22)11-17(20-15)16-4-2-3-9-19-16/h2-5,7,9-11H,6,8H2,1H3,(H,21,22). The van der Waals surface area contributed by atoms with E-state index < -0.39 is 5.97 Å². The normalized spacial score (nSPS) is 10.8. The van der Waals surface area contributed by atoms with E-state index in [1.807, 2.05) is 43.3 Å². The first-order valence-electron chi connectivity index (χ1n) is 7.17. The van der Waals surface area contributed by atoms with Crippen LogP contribution in [0.1, 0.15) is 17.5 Å². The van der Waals surface area contributed by atoms with E-state index in [-0.39, 0.29) is 6.42 Å². The second-order valence-corrected chi connectivity index (χ2v) is 5.30. The van der Waals surface area contributed by atoms with E-state index >= 15 is 0 Å². The first kappa shape index (κ1) is 14.2. The zero-order valence-corrected chi connectivity index (χ0v) is 12.3. The van der Waals surface area contributed by atoms with Crippen molar-refractivity contribution in [2.75, 3.05) is 0 Å². The molecule has 0 aliphatic rings. The Morgan fingerprint density at radius 3 is 2.73 bits per heavy atom. The third-order valence-electron chi connectivity index (χ3n) is 3.59. The molecule has 4 nitrogen and oxygen atoms in total. The molecule has 0 amide bonds. The third-order valence-corrected chi connectivity index (χ3v) is 3.59. The highest BCUT2D eigenvalue weighted by atomic mass is 16.4. The van der Waals surface area contributed by atoms with Gasteiger partial charge in [0.2, 0.25) is 0 Å². The highest BCUT2D eigenvalue weighted by Crippen LogP contribution is 2.25. The Hall–Kier alpha value is -2.75. The molecular formula is C18H16N2O2. The van der Waals surface area contributed by atoms with Crippen molar-refractivity contribution in [3.63, 3.8) is 0 Å². The zero-order chi connectivity index (χ0) is 15.5. The number of rotatable bonds is 4. The number of pyridine rings is 2. The van der Waals surface area contributed by atoms with Crippen molar-refractivity contribution >= 4 is 16.9 Å². The van der Waals surface area contributed by atoms with Gasteiger partial charge >= 0.3 is 5.97 Å². The van der Waals surface area contributed by atoms with E-state index in [0.29, 0.717) is 6.42 Å². The van der Waals surface area contributed by atoms with Gasteiger partial charge in [0.25, 0.3) is 0 Å². The number of fused-ring (bicyclic) bond motifs is 1. The van der Waals surface area contributed by atoms with Crippen LogP contribution in [0.15, 0.2) is 48.7 Å².